The molecule has 0 saturated carbocycles. The summed E-state index contributed by atoms with van der Waals surface area (Å²) in [6.07, 6.45) is 0. The minimum absolute atomic E-state index is 0. The van der Waals surface area contributed by atoms with Crippen molar-refractivity contribution in [3.05, 3.63) is 0 Å². The molecule has 0 heterocycles. The van der Waals surface area contributed by atoms with Gasteiger partial charge in [0, 0.05) is 0 Å². The maximum Gasteiger partial charge on any atom is 1.00 e. The summed E-state index contributed by atoms with van der Waals surface area (Å²) in [6.45, 7) is 0. The van der Waals surface area contributed by atoms with Crippen LogP contribution >= 0.6 is 12.4 Å². The fraction of sp³-hybridized carbons (Fsp3) is 0. The average molecular weight is 141 g/mol. The Morgan fingerprint density at radius 2 is 1.00 bits per heavy atom. The normalized spacial score (nSPS) is 0. The van der Waals surface area contributed by atoms with Gasteiger partial charge < -0.3 is 4.28 Å². The second-order valence-electron chi connectivity index (χ2n) is 0. The Balaban J connectivity index is 0. The monoisotopic (exact) mass is 140 g/mol. The molecule has 0 atom stereocenters. The minimum atomic E-state index is 0. The van der Waals surface area contributed by atoms with E-state index in [-0.39, 0.29) is 149 Å². The first-order valence-corrected chi connectivity index (χ1v) is 0. The quantitative estimate of drug-likeness (QED) is 0.294. The van der Waals surface area contributed by atoms with Crippen molar-refractivity contribution in [2.75, 3.05) is 0 Å². The Morgan fingerprint density at radius 3 is 1.00 bits per heavy atom. The van der Waals surface area contributed by atoms with E-state index < -0.39 is 0 Å². The molecule has 0 nitrogen and oxygen atoms in total. The van der Waals surface area contributed by atoms with Crippen LogP contribution in [0.4, 0.5) is 0 Å². The molecule has 0 radical (unpaired) electrons. The summed E-state index contributed by atoms with van der Waals surface area (Å²) in [5, 5.41) is 0. The molecule has 0 bridgehead atoms. The van der Waals surface area contributed by atoms with Gasteiger partial charge in [-0.1, -0.05) is 0 Å². The van der Waals surface area contributed by atoms with Gasteiger partial charge in [0.2, 0.25) is 0 Å². The number of rotatable bonds is 0. The van der Waals surface area contributed by atoms with Gasteiger partial charge >= 0.3 is 132 Å². The summed E-state index contributed by atoms with van der Waals surface area (Å²) in [5.74, 6) is 0. The SMILES string of the molecule is Cl.[H-].[H-].[H-].[K+].[K+].[Na+]. The van der Waals surface area contributed by atoms with Crippen molar-refractivity contribution in [3.8, 4) is 0 Å². The van der Waals surface area contributed by atoms with E-state index in [0.29, 0.717) is 0 Å². The van der Waals surface area contributed by atoms with Crippen LogP contribution in [0.15, 0.2) is 0 Å². The van der Waals surface area contributed by atoms with E-state index in [2.05, 4.69) is 0 Å². The summed E-state index contributed by atoms with van der Waals surface area (Å²) in [7, 11) is 0. The molecule has 0 rings (SSSR count). The van der Waals surface area contributed by atoms with Crippen LogP contribution in [0.5, 0.6) is 0 Å². The number of hydrogen-bond donors (Lipinski definition) is 0. The summed E-state index contributed by atoms with van der Waals surface area (Å²) in [6, 6.07) is 0. The first-order chi connectivity index (χ1) is 0. The summed E-state index contributed by atoms with van der Waals surface area (Å²) in [4.78, 5) is 0. The molecule has 0 fully saturated rings. The third-order valence-electron chi connectivity index (χ3n) is 0. The van der Waals surface area contributed by atoms with Crippen molar-refractivity contribution >= 4 is 12.4 Å². The maximum absolute atomic E-state index is 0. The van der Waals surface area contributed by atoms with E-state index in [9.17, 15) is 0 Å². The van der Waals surface area contributed by atoms with Gasteiger partial charge in [0.05, 0.1) is 0 Å². The predicted molar refractivity (Wildman–Crippen MR) is 10.6 cm³/mol. The van der Waals surface area contributed by atoms with Crippen molar-refractivity contribution in [1.82, 2.24) is 0 Å². The standard InChI is InChI=1S/ClH.2K.Na.3H/h1H;;;;;;/q;3*+1;3*-1. The molecule has 0 aromatic carbocycles. The van der Waals surface area contributed by atoms with Gasteiger partial charge in [-0.3, -0.25) is 0 Å². The van der Waals surface area contributed by atoms with Crippen molar-refractivity contribution < 1.29 is 137 Å². The van der Waals surface area contributed by atoms with Crippen LogP contribution in [0.3, 0.4) is 0 Å². The Morgan fingerprint density at radius 1 is 1.00 bits per heavy atom. The first-order valence-electron chi connectivity index (χ1n) is 0. The largest absolute Gasteiger partial charge is 1.00 e. The summed E-state index contributed by atoms with van der Waals surface area (Å²) in [5.41, 5.74) is 0. The molecular formula is H4ClK2Na. The van der Waals surface area contributed by atoms with Crippen LogP contribution in [0.2, 0.25) is 0 Å². The van der Waals surface area contributed by atoms with Crippen LogP contribution in [0, 0.1) is 0 Å². The van der Waals surface area contributed by atoms with Gasteiger partial charge in [-0.2, -0.15) is 0 Å². The molecule has 0 saturated heterocycles. The van der Waals surface area contributed by atoms with Crippen molar-refractivity contribution in [2.45, 2.75) is 0 Å². The van der Waals surface area contributed by atoms with E-state index in [1.807, 2.05) is 0 Å². The van der Waals surface area contributed by atoms with Gasteiger partial charge in [-0.15, -0.1) is 12.4 Å². The number of halogens is 1. The summed E-state index contributed by atoms with van der Waals surface area (Å²) < 4.78 is 0. The Labute approximate surface area is 144 Å². The molecule has 4 heavy (non-hydrogen) atoms. The van der Waals surface area contributed by atoms with Crippen LogP contribution in [0.25, 0.3) is 0 Å². The Kier molecular flexibility index (Phi) is 92.0. The van der Waals surface area contributed by atoms with Gasteiger partial charge in [-0.25, -0.2) is 0 Å². The van der Waals surface area contributed by atoms with Gasteiger partial charge in [0.15, 0.2) is 0 Å². The van der Waals surface area contributed by atoms with Gasteiger partial charge in [0.25, 0.3) is 0 Å². The molecule has 14 valence electrons. The van der Waals surface area contributed by atoms with Crippen molar-refractivity contribution in [1.29, 1.82) is 0 Å². The number of hydrogen-bond acceptors (Lipinski definition) is 0. The Hall–Kier alpha value is 4.56. The van der Waals surface area contributed by atoms with Crippen LogP contribution in [-0.4, -0.2) is 0 Å². The van der Waals surface area contributed by atoms with Crippen LogP contribution in [0.1, 0.15) is 4.28 Å². The molecule has 0 N–H and O–H groups in total. The molecule has 0 unspecified atom stereocenters. The van der Waals surface area contributed by atoms with Crippen molar-refractivity contribution in [3.63, 3.8) is 0 Å². The molecule has 0 aliphatic rings. The molecule has 0 aliphatic heterocycles. The predicted octanol–water partition coefficient (Wildman–Crippen LogP) is -8.23. The maximum atomic E-state index is 0. The zero-order valence-electron chi connectivity index (χ0n) is 6.41. The zero-order valence-corrected chi connectivity index (χ0v) is 12.5. The fourth-order valence-corrected chi connectivity index (χ4v) is 0. The van der Waals surface area contributed by atoms with E-state index in [0.717, 1.165) is 0 Å². The molecular weight excluding hydrogens is 137 g/mol. The molecule has 0 amide bonds. The van der Waals surface area contributed by atoms with E-state index >= 15 is 0 Å². The van der Waals surface area contributed by atoms with Crippen LogP contribution < -0.4 is 132 Å². The van der Waals surface area contributed by atoms with E-state index in [1.165, 1.54) is 0 Å². The smallest absolute Gasteiger partial charge is 1.00 e. The molecule has 4 heteroatoms. The second-order valence-corrected chi connectivity index (χ2v) is 0. The topological polar surface area (TPSA) is 0 Å². The van der Waals surface area contributed by atoms with Gasteiger partial charge in [0.1, 0.15) is 0 Å². The van der Waals surface area contributed by atoms with E-state index in [4.69, 9.17) is 0 Å². The molecule has 0 aromatic heterocycles. The Bertz CT molecular complexity index is 12.9. The van der Waals surface area contributed by atoms with Crippen LogP contribution in [-0.2, 0) is 0 Å². The second kappa shape index (κ2) is 15.6. The third-order valence-corrected chi connectivity index (χ3v) is 0. The van der Waals surface area contributed by atoms with E-state index in [1.54, 1.807) is 0 Å². The molecule has 0 spiro atoms. The molecule has 0 aliphatic carbocycles. The first kappa shape index (κ1) is 23.5. The molecule has 0 aromatic rings. The van der Waals surface area contributed by atoms with Crippen molar-refractivity contribution in [2.24, 2.45) is 0 Å². The third kappa shape index (κ3) is 9.75. The zero-order chi connectivity index (χ0) is 0. The summed E-state index contributed by atoms with van der Waals surface area (Å²) >= 11 is 0. The van der Waals surface area contributed by atoms with Gasteiger partial charge in [-0.05, 0) is 0 Å². The fourth-order valence-electron chi connectivity index (χ4n) is 0. The minimum Gasteiger partial charge on any atom is -1.00 e. The average Bonchev–Trinajstić information content (AvgIpc) is 0.